The molecule has 92 valence electrons. The predicted octanol–water partition coefficient (Wildman–Crippen LogP) is 0.997. The lowest BCUT2D eigenvalue weighted by Gasteiger charge is -2.41. The van der Waals surface area contributed by atoms with Gasteiger partial charge in [0, 0.05) is 12.0 Å². The second-order valence-corrected chi connectivity index (χ2v) is 6.68. The van der Waals surface area contributed by atoms with E-state index in [4.69, 9.17) is 10.5 Å². The van der Waals surface area contributed by atoms with Crippen molar-refractivity contribution in [2.75, 3.05) is 18.1 Å². The molecule has 3 aliphatic heterocycles. The van der Waals surface area contributed by atoms with Gasteiger partial charge in [0.25, 0.3) is 0 Å². The fourth-order valence-corrected chi connectivity index (χ4v) is 5.04. The second kappa shape index (κ2) is 4.16. The Labute approximate surface area is 101 Å². The number of fused-ring (bicyclic) bond motifs is 2. The Morgan fingerprint density at radius 3 is 2.81 bits per heavy atom. The summed E-state index contributed by atoms with van der Waals surface area (Å²) in [6.07, 6.45) is 4.74. The van der Waals surface area contributed by atoms with E-state index in [2.05, 4.69) is 0 Å². The van der Waals surface area contributed by atoms with Crippen LogP contribution in [0.25, 0.3) is 0 Å². The van der Waals surface area contributed by atoms with Gasteiger partial charge in [-0.25, -0.2) is 0 Å². The summed E-state index contributed by atoms with van der Waals surface area (Å²) >= 11 is 1.96. The molecule has 3 aliphatic rings. The van der Waals surface area contributed by atoms with Gasteiger partial charge in [-0.05, 0) is 43.1 Å². The molecule has 0 spiro atoms. The standard InChI is InChI=1S/C12H21NO2S/c13-7-12(5-9-1-2-10(12)15-9)11(14)8-3-4-16-6-8/h8-11,14H,1-7,13H2. The molecule has 2 bridgehead atoms. The molecule has 16 heavy (non-hydrogen) atoms. The van der Waals surface area contributed by atoms with Gasteiger partial charge >= 0.3 is 0 Å². The maximum Gasteiger partial charge on any atom is 0.0674 e. The molecule has 0 saturated carbocycles. The zero-order valence-electron chi connectivity index (χ0n) is 9.60. The van der Waals surface area contributed by atoms with Gasteiger partial charge in [-0.1, -0.05) is 0 Å². The molecule has 3 rings (SSSR count). The molecule has 0 aromatic carbocycles. The van der Waals surface area contributed by atoms with E-state index < -0.39 is 0 Å². The number of hydrogen-bond acceptors (Lipinski definition) is 4. The van der Waals surface area contributed by atoms with Gasteiger partial charge in [0.2, 0.25) is 0 Å². The van der Waals surface area contributed by atoms with Crippen molar-refractivity contribution < 1.29 is 9.84 Å². The Morgan fingerprint density at radius 2 is 2.31 bits per heavy atom. The van der Waals surface area contributed by atoms with Crippen molar-refractivity contribution in [1.82, 2.24) is 0 Å². The molecule has 3 fully saturated rings. The largest absolute Gasteiger partial charge is 0.392 e. The van der Waals surface area contributed by atoms with Gasteiger partial charge in [-0.2, -0.15) is 11.8 Å². The van der Waals surface area contributed by atoms with Crippen molar-refractivity contribution in [2.24, 2.45) is 17.1 Å². The van der Waals surface area contributed by atoms with Gasteiger partial charge in [-0.15, -0.1) is 0 Å². The first kappa shape index (κ1) is 11.3. The van der Waals surface area contributed by atoms with Crippen molar-refractivity contribution in [2.45, 2.75) is 44.0 Å². The van der Waals surface area contributed by atoms with Crippen LogP contribution in [0.5, 0.6) is 0 Å². The average molecular weight is 243 g/mol. The van der Waals surface area contributed by atoms with E-state index in [1.165, 1.54) is 12.2 Å². The average Bonchev–Trinajstić information content (AvgIpc) is 3.03. The SMILES string of the molecule is NCC1(C(O)C2CCSC2)CC2CCC1O2. The first-order valence-electron chi connectivity index (χ1n) is 6.37. The van der Waals surface area contributed by atoms with Gasteiger partial charge in [0.1, 0.15) is 0 Å². The number of aliphatic hydroxyl groups is 1. The predicted molar refractivity (Wildman–Crippen MR) is 65.4 cm³/mol. The Morgan fingerprint density at radius 1 is 1.44 bits per heavy atom. The molecule has 5 atom stereocenters. The molecular formula is C12H21NO2S. The molecule has 4 heteroatoms. The summed E-state index contributed by atoms with van der Waals surface area (Å²) in [5.74, 6) is 2.73. The van der Waals surface area contributed by atoms with E-state index >= 15 is 0 Å². The van der Waals surface area contributed by atoms with Crippen LogP contribution in [0.1, 0.15) is 25.7 Å². The second-order valence-electron chi connectivity index (χ2n) is 5.53. The van der Waals surface area contributed by atoms with Crippen LogP contribution in [-0.4, -0.2) is 41.5 Å². The minimum Gasteiger partial charge on any atom is -0.392 e. The monoisotopic (exact) mass is 243 g/mol. The highest BCUT2D eigenvalue weighted by molar-refractivity contribution is 7.99. The lowest BCUT2D eigenvalue weighted by atomic mass is 9.66. The molecular weight excluding hydrogens is 222 g/mol. The van der Waals surface area contributed by atoms with Crippen LogP contribution >= 0.6 is 11.8 Å². The van der Waals surface area contributed by atoms with Crippen molar-refractivity contribution in [1.29, 1.82) is 0 Å². The number of rotatable bonds is 3. The maximum atomic E-state index is 10.6. The topological polar surface area (TPSA) is 55.5 Å². The van der Waals surface area contributed by atoms with Gasteiger partial charge in [-0.3, -0.25) is 0 Å². The summed E-state index contributed by atoms with van der Waals surface area (Å²) in [6, 6.07) is 0. The first-order valence-corrected chi connectivity index (χ1v) is 7.53. The number of ether oxygens (including phenoxy) is 1. The fraction of sp³-hybridized carbons (Fsp3) is 1.00. The van der Waals surface area contributed by atoms with Crippen molar-refractivity contribution in [3.63, 3.8) is 0 Å². The zero-order chi connectivity index (χ0) is 11.2. The number of hydrogen-bond donors (Lipinski definition) is 2. The molecule has 0 amide bonds. The van der Waals surface area contributed by atoms with E-state index in [1.807, 2.05) is 11.8 Å². The molecule has 3 heterocycles. The molecule has 0 aliphatic carbocycles. The Kier molecular flexibility index (Phi) is 2.94. The first-order chi connectivity index (χ1) is 7.76. The van der Waals surface area contributed by atoms with Crippen molar-refractivity contribution >= 4 is 11.8 Å². The highest BCUT2D eigenvalue weighted by Gasteiger charge is 2.56. The molecule has 3 N–H and O–H groups in total. The quantitative estimate of drug-likeness (QED) is 0.776. The lowest BCUT2D eigenvalue weighted by molar-refractivity contribution is -0.0496. The number of nitrogens with two attached hydrogens (primary N) is 1. The van der Waals surface area contributed by atoms with Crippen LogP contribution in [0.3, 0.4) is 0 Å². The fourth-order valence-electron chi connectivity index (χ4n) is 3.75. The van der Waals surface area contributed by atoms with Gasteiger partial charge in [0.15, 0.2) is 0 Å². The molecule has 0 aromatic rings. The number of aliphatic hydroxyl groups excluding tert-OH is 1. The van der Waals surface area contributed by atoms with Gasteiger partial charge < -0.3 is 15.6 Å². The lowest BCUT2D eigenvalue weighted by Crippen LogP contribution is -2.51. The van der Waals surface area contributed by atoms with E-state index in [0.29, 0.717) is 18.6 Å². The normalized spacial score (nSPS) is 48.8. The molecule has 3 nitrogen and oxygen atoms in total. The summed E-state index contributed by atoms with van der Waals surface area (Å²) in [6.45, 7) is 0.580. The highest BCUT2D eigenvalue weighted by atomic mass is 32.2. The molecule has 5 unspecified atom stereocenters. The van der Waals surface area contributed by atoms with Crippen LogP contribution in [-0.2, 0) is 4.74 Å². The summed E-state index contributed by atoms with van der Waals surface area (Å²) in [4.78, 5) is 0. The minimum atomic E-state index is -0.247. The van der Waals surface area contributed by atoms with Gasteiger partial charge in [0.05, 0.1) is 18.3 Å². The molecule has 3 saturated heterocycles. The number of thioether (sulfide) groups is 1. The van der Waals surface area contributed by atoms with E-state index in [9.17, 15) is 5.11 Å². The summed E-state index contributed by atoms with van der Waals surface area (Å²) in [5, 5.41) is 10.6. The minimum absolute atomic E-state index is 0.127. The van der Waals surface area contributed by atoms with Crippen LogP contribution in [0.15, 0.2) is 0 Å². The molecule has 0 radical (unpaired) electrons. The summed E-state index contributed by atoms with van der Waals surface area (Å²) < 4.78 is 5.91. The smallest absolute Gasteiger partial charge is 0.0674 e. The highest BCUT2D eigenvalue weighted by Crippen LogP contribution is 2.51. The van der Waals surface area contributed by atoms with E-state index in [-0.39, 0.29) is 17.6 Å². The third kappa shape index (κ3) is 1.54. The third-order valence-corrected chi connectivity index (χ3v) is 5.93. The van der Waals surface area contributed by atoms with Crippen molar-refractivity contribution in [3.8, 4) is 0 Å². The molecule has 0 aromatic heterocycles. The van der Waals surface area contributed by atoms with Crippen LogP contribution in [0.4, 0.5) is 0 Å². The third-order valence-electron chi connectivity index (χ3n) is 4.74. The summed E-state index contributed by atoms with van der Waals surface area (Å²) in [7, 11) is 0. The Hall–Kier alpha value is 0.230. The van der Waals surface area contributed by atoms with Crippen molar-refractivity contribution in [3.05, 3.63) is 0 Å². The summed E-state index contributed by atoms with van der Waals surface area (Å²) in [5.41, 5.74) is 5.85. The maximum absolute atomic E-state index is 10.6. The van der Waals surface area contributed by atoms with Crippen LogP contribution < -0.4 is 5.73 Å². The van der Waals surface area contributed by atoms with Crippen LogP contribution in [0.2, 0.25) is 0 Å². The van der Waals surface area contributed by atoms with Crippen LogP contribution in [0, 0.1) is 11.3 Å². The Bertz CT molecular complexity index is 270. The Balaban J connectivity index is 1.79. The van der Waals surface area contributed by atoms with E-state index in [0.717, 1.165) is 25.0 Å². The van der Waals surface area contributed by atoms with E-state index in [1.54, 1.807) is 0 Å². The zero-order valence-corrected chi connectivity index (χ0v) is 10.4.